The van der Waals surface area contributed by atoms with Crippen molar-refractivity contribution in [1.29, 1.82) is 0 Å². The molecule has 1 N–H and O–H groups in total. The molecule has 0 radical (unpaired) electrons. The SMILES string of the molecule is CNc1ccc(-c2ccc(-c3ccccc3)cc2)nn1.O=Cc1ccoc1. The minimum absolute atomic E-state index is 0.583. The summed E-state index contributed by atoms with van der Waals surface area (Å²) in [6.45, 7) is 0. The average molecular weight is 357 g/mol. The molecule has 5 nitrogen and oxygen atoms in total. The molecule has 0 aliphatic heterocycles. The number of nitrogens with one attached hydrogen (secondary N) is 1. The highest BCUT2D eigenvalue weighted by Crippen LogP contribution is 2.23. The zero-order valence-corrected chi connectivity index (χ0v) is 14.9. The van der Waals surface area contributed by atoms with E-state index in [-0.39, 0.29) is 0 Å². The van der Waals surface area contributed by atoms with E-state index in [1.54, 1.807) is 6.07 Å². The third-order valence-electron chi connectivity index (χ3n) is 3.89. The summed E-state index contributed by atoms with van der Waals surface area (Å²) in [7, 11) is 1.83. The number of aldehydes is 1. The second-order valence-corrected chi connectivity index (χ2v) is 5.67. The maximum absolute atomic E-state index is 9.81. The predicted octanol–water partition coefficient (Wildman–Crippen LogP) is 4.94. The first-order valence-corrected chi connectivity index (χ1v) is 8.45. The van der Waals surface area contributed by atoms with Gasteiger partial charge in [0, 0.05) is 12.6 Å². The van der Waals surface area contributed by atoms with Gasteiger partial charge in [-0.05, 0) is 29.3 Å². The molecule has 4 rings (SSSR count). The van der Waals surface area contributed by atoms with Crippen LogP contribution in [0.15, 0.2) is 89.7 Å². The largest absolute Gasteiger partial charge is 0.472 e. The van der Waals surface area contributed by atoms with Crippen LogP contribution in [0.4, 0.5) is 5.82 Å². The molecule has 0 saturated carbocycles. The Labute approximate surface area is 157 Å². The van der Waals surface area contributed by atoms with Gasteiger partial charge in [0.2, 0.25) is 0 Å². The van der Waals surface area contributed by atoms with E-state index >= 15 is 0 Å². The van der Waals surface area contributed by atoms with Crippen molar-refractivity contribution in [3.63, 3.8) is 0 Å². The fourth-order valence-corrected chi connectivity index (χ4v) is 2.43. The van der Waals surface area contributed by atoms with Crippen molar-refractivity contribution in [2.24, 2.45) is 0 Å². The molecule has 0 saturated heterocycles. The highest BCUT2D eigenvalue weighted by Gasteiger charge is 2.02. The maximum Gasteiger partial charge on any atom is 0.153 e. The Balaban J connectivity index is 0.000000253. The summed E-state index contributed by atoms with van der Waals surface area (Å²) in [5, 5.41) is 11.3. The number of nitrogens with zero attached hydrogens (tertiary/aromatic N) is 2. The smallest absolute Gasteiger partial charge is 0.153 e. The molecule has 2 aromatic carbocycles. The monoisotopic (exact) mass is 357 g/mol. The molecule has 0 spiro atoms. The summed E-state index contributed by atoms with van der Waals surface area (Å²) in [5.41, 5.74) is 4.95. The molecule has 0 unspecified atom stereocenters. The van der Waals surface area contributed by atoms with Gasteiger partial charge in [-0.1, -0.05) is 54.6 Å². The Kier molecular flexibility index (Phi) is 6.09. The summed E-state index contributed by atoms with van der Waals surface area (Å²) < 4.78 is 4.57. The van der Waals surface area contributed by atoms with Gasteiger partial charge in [-0.2, -0.15) is 0 Å². The van der Waals surface area contributed by atoms with E-state index in [2.05, 4.69) is 56.3 Å². The lowest BCUT2D eigenvalue weighted by Crippen LogP contribution is -1.95. The molecule has 5 heteroatoms. The number of carbonyl (C=O) groups excluding carboxylic acids is 1. The maximum atomic E-state index is 9.81. The van der Waals surface area contributed by atoms with Gasteiger partial charge in [-0.25, -0.2) is 0 Å². The van der Waals surface area contributed by atoms with Gasteiger partial charge < -0.3 is 9.73 Å². The van der Waals surface area contributed by atoms with Crippen LogP contribution >= 0.6 is 0 Å². The molecule has 4 aromatic rings. The lowest BCUT2D eigenvalue weighted by Gasteiger charge is -2.04. The highest BCUT2D eigenvalue weighted by atomic mass is 16.3. The molecule has 0 bridgehead atoms. The molecule has 134 valence electrons. The molecule has 0 aliphatic carbocycles. The highest BCUT2D eigenvalue weighted by molar-refractivity contribution is 5.73. The van der Waals surface area contributed by atoms with Crippen molar-refractivity contribution >= 4 is 12.1 Å². The van der Waals surface area contributed by atoms with Gasteiger partial charge in [0.1, 0.15) is 12.1 Å². The number of anilines is 1. The Morgan fingerprint density at radius 2 is 1.52 bits per heavy atom. The number of hydrogen-bond donors (Lipinski definition) is 1. The summed E-state index contributed by atoms with van der Waals surface area (Å²) in [4.78, 5) is 9.81. The molecule has 27 heavy (non-hydrogen) atoms. The van der Waals surface area contributed by atoms with E-state index in [9.17, 15) is 4.79 Å². The summed E-state index contributed by atoms with van der Waals surface area (Å²) in [5.74, 6) is 0.773. The minimum atomic E-state index is 0.583. The number of furan rings is 1. The Bertz CT molecular complexity index is 949. The second-order valence-electron chi connectivity index (χ2n) is 5.67. The van der Waals surface area contributed by atoms with Gasteiger partial charge in [-0.15, -0.1) is 10.2 Å². The average Bonchev–Trinajstić information content (AvgIpc) is 3.29. The number of carbonyl (C=O) groups is 1. The molecule has 2 aromatic heterocycles. The van der Waals surface area contributed by atoms with Crippen molar-refractivity contribution in [1.82, 2.24) is 10.2 Å². The fraction of sp³-hybridized carbons (Fsp3) is 0.0455. The van der Waals surface area contributed by atoms with Crippen molar-refractivity contribution < 1.29 is 9.21 Å². The number of benzene rings is 2. The van der Waals surface area contributed by atoms with Crippen LogP contribution in [0.1, 0.15) is 10.4 Å². The predicted molar refractivity (Wildman–Crippen MR) is 107 cm³/mol. The molecule has 0 amide bonds. The third-order valence-corrected chi connectivity index (χ3v) is 3.89. The Morgan fingerprint density at radius 3 is 2.04 bits per heavy atom. The number of hydrogen-bond acceptors (Lipinski definition) is 5. The number of aromatic nitrogens is 2. The van der Waals surface area contributed by atoms with Crippen molar-refractivity contribution in [2.45, 2.75) is 0 Å². The van der Waals surface area contributed by atoms with Crippen LogP contribution in [0.2, 0.25) is 0 Å². The van der Waals surface area contributed by atoms with E-state index in [4.69, 9.17) is 0 Å². The Hall–Kier alpha value is -3.73. The van der Waals surface area contributed by atoms with Gasteiger partial charge >= 0.3 is 0 Å². The van der Waals surface area contributed by atoms with E-state index in [1.807, 2.05) is 37.4 Å². The van der Waals surface area contributed by atoms with Crippen molar-refractivity contribution in [2.75, 3.05) is 12.4 Å². The van der Waals surface area contributed by atoms with Crippen LogP contribution in [-0.2, 0) is 0 Å². The first-order chi connectivity index (χ1) is 13.3. The number of rotatable bonds is 4. The van der Waals surface area contributed by atoms with E-state index in [0.717, 1.165) is 23.4 Å². The van der Waals surface area contributed by atoms with Crippen molar-refractivity contribution in [3.8, 4) is 22.4 Å². The molecule has 0 atom stereocenters. The second kappa shape index (κ2) is 9.10. The molecular formula is C22H19N3O2. The van der Waals surface area contributed by atoms with Crippen LogP contribution in [0.5, 0.6) is 0 Å². The van der Waals surface area contributed by atoms with Crippen molar-refractivity contribution in [3.05, 3.63) is 90.9 Å². The van der Waals surface area contributed by atoms with Crippen LogP contribution < -0.4 is 5.32 Å². The summed E-state index contributed by atoms with van der Waals surface area (Å²) in [6, 6.07) is 24.2. The van der Waals surface area contributed by atoms with Gasteiger partial charge in [0.15, 0.2) is 6.29 Å². The third kappa shape index (κ3) is 4.89. The lowest BCUT2D eigenvalue weighted by molar-refractivity contribution is 0.112. The van der Waals surface area contributed by atoms with Gasteiger partial charge in [-0.3, -0.25) is 4.79 Å². The fourth-order valence-electron chi connectivity index (χ4n) is 2.43. The minimum Gasteiger partial charge on any atom is -0.472 e. The zero-order valence-electron chi connectivity index (χ0n) is 14.9. The summed E-state index contributed by atoms with van der Waals surface area (Å²) >= 11 is 0. The normalized spacial score (nSPS) is 9.81. The molecular weight excluding hydrogens is 338 g/mol. The van der Waals surface area contributed by atoms with Crippen LogP contribution in [0.3, 0.4) is 0 Å². The molecule has 0 fully saturated rings. The quantitative estimate of drug-likeness (QED) is 0.524. The first-order valence-electron chi connectivity index (χ1n) is 8.45. The topological polar surface area (TPSA) is 68.0 Å². The Morgan fingerprint density at radius 1 is 0.815 bits per heavy atom. The van der Waals surface area contributed by atoms with Crippen LogP contribution in [0, 0.1) is 0 Å². The first kappa shape index (κ1) is 18.1. The zero-order chi connectivity index (χ0) is 18.9. The van der Waals surface area contributed by atoms with Crippen LogP contribution in [-0.4, -0.2) is 23.5 Å². The van der Waals surface area contributed by atoms with E-state index in [1.165, 1.54) is 23.7 Å². The van der Waals surface area contributed by atoms with E-state index in [0.29, 0.717) is 5.56 Å². The van der Waals surface area contributed by atoms with Gasteiger partial charge in [0.05, 0.1) is 17.5 Å². The lowest BCUT2D eigenvalue weighted by atomic mass is 10.0. The van der Waals surface area contributed by atoms with E-state index < -0.39 is 0 Å². The molecule has 0 aliphatic rings. The van der Waals surface area contributed by atoms with Gasteiger partial charge in [0.25, 0.3) is 0 Å². The summed E-state index contributed by atoms with van der Waals surface area (Å²) in [6.07, 6.45) is 3.60. The standard InChI is InChI=1S/C17H15N3.C5H4O2/c1-18-17-12-11-16(19-20-17)15-9-7-14(8-10-15)13-5-3-2-4-6-13;6-3-5-1-2-7-4-5/h2-12H,1H3,(H,18,20);1-4H. The molecule has 2 heterocycles. The van der Waals surface area contributed by atoms with Crippen LogP contribution in [0.25, 0.3) is 22.4 Å².